The first-order chi connectivity index (χ1) is 9.10. The van der Waals surface area contributed by atoms with Crippen molar-refractivity contribution in [3.8, 4) is 0 Å². The first-order valence-electron chi connectivity index (χ1n) is 6.98. The van der Waals surface area contributed by atoms with Crippen molar-refractivity contribution in [1.29, 1.82) is 0 Å². The summed E-state index contributed by atoms with van der Waals surface area (Å²) >= 11 is 6.01. The van der Waals surface area contributed by atoms with Crippen molar-refractivity contribution in [1.82, 2.24) is 9.88 Å². The minimum atomic E-state index is -0.217. The Morgan fingerprint density at radius 3 is 2.79 bits per heavy atom. The molecule has 1 fully saturated rings. The van der Waals surface area contributed by atoms with Crippen LogP contribution in [0.3, 0.4) is 0 Å². The van der Waals surface area contributed by atoms with Crippen molar-refractivity contribution >= 4 is 17.5 Å². The first kappa shape index (κ1) is 14.4. The van der Waals surface area contributed by atoms with Gasteiger partial charge in [-0.15, -0.1) is 0 Å². The minimum absolute atomic E-state index is 0.0623. The van der Waals surface area contributed by atoms with Crippen LogP contribution in [0.2, 0.25) is 5.02 Å². The molecule has 0 bridgehead atoms. The Morgan fingerprint density at radius 1 is 1.53 bits per heavy atom. The fourth-order valence-corrected chi connectivity index (χ4v) is 3.05. The third kappa shape index (κ3) is 3.12. The highest BCUT2D eigenvalue weighted by molar-refractivity contribution is 6.31. The molecule has 1 aliphatic carbocycles. The summed E-state index contributed by atoms with van der Waals surface area (Å²) < 4.78 is 1.91. The van der Waals surface area contributed by atoms with Gasteiger partial charge in [0.25, 0.3) is 5.91 Å². The minimum Gasteiger partial charge on any atom is -0.344 e. The lowest BCUT2D eigenvalue weighted by Gasteiger charge is -2.28. The second kappa shape index (κ2) is 5.97. The van der Waals surface area contributed by atoms with Gasteiger partial charge in [0.2, 0.25) is 0 Å². The average Bonchev–Trinajstić information content (AvgIpc) is 2.97. The number of nitrogens with zero attached hydrogens (tertiary/aromatic N) is 1. The molecule has 0 atom stereocenters. The molecule has 0 unspecified atom stereocenters. The number of nitrogens with two attached hydrogens (primary N) is 1. The fraction of sp³-hybridized carbons (Fsp3) is 0.643. The maximum atomic E-state index is 12.4. The molecule has 1 aromatic heterocycles. The standard InChI is InChI=1S/C14H22ClN3O/c1-2-7-18-9-11(15)8-12(18)13(19)17-14(10-16)5-3-4-6-14/h8-9H,2-7,10,16H2,1H3,(H,17,19). The third-order valence-corrected chi connectivity index (χ3v) is 4.10. The van der Waals surface area contributed by atoms with Gasteiger partial charge in [-0.2, -0.15) is 0 Å². The number of amides is 1. The summed E-state index contributed by atoms with van der Waals surface area (Å²) in [6, 6.07) is 1.73. The molecule has 1 amide bonds. The quantitative estimate of drug-likeness (QED) is 0.872. The Balaban J connectivity index is 2.15. The van der Waals surface area contributed by atoms with Crippen molar-refractivity contribution in [3.63, 3.8) is 0 Å². The molecule has 1 aromatic rings. The molecule has 2 rings (SSSR count). The lowest BCUT2D eigenvalue weighted by molar-refractivity contribution is 0.0893. The third-order valence-electron chi connectivity index (χ3n) is 3.89. The number of aromatic nitrogens is 1. The van der Waals surface area contributed by atoms with Crippen molar-refractivity contribution in [2.45, 2.75) is 51.1 Å². The largest absolute Gasteiger partial charge is 0.344 e. The molecule has 4 nitrogen and oxygen atoms in total. The van der Waals surface area contributed by atoms with E-state index >= 15 is 0 Å². The van der Waals surface area contributed by atoms with E-state index in [1.807, 2.05) is 10.8 Å². The Morgan fingerprint density at radius 2 is 2.21 bits per heavy atom. The van der Waals surface area contributed by atoms with Crippen LogP contribution in [0.1, 0.15) is 49.5 Å². The van der Waals surface area contributed by atoms with E-state index in [2.05, 4.69) is 12.2 Å². The van der Waals surface area contributed by atoms with Crippen LogP contribution in [0.5, 0.6) is 0 Å². The zero-order valence-electron chi connectivity index (χ0n) is 11.4. The van der Waals surface area contributed by atoms with Gasteiger partial charge < -0.3 is 15.6 Å². The molecule has 3 N–H and O–H groups in total. The molecule has 1 heterocycles. The highest BCUT2D eigenvalue weighted by Crippen LogP contribution is 2.29. The van der Waals surface area contributed by atoms with Gasteiger partial charge in [-0.1, -0.05) is 31.4 Å². The number of hydrogen-bond donors (Lipinski definition) is 2. The van der Waals surface area contributed by atoms with Crippen LogP contribution < -0.4 is 11.1 Å². The lowest BCUT2D eigenvalue weighted by atomic mass is 9.97. The summed E-state index contributed by atoms with van der Waals surface area (Å²) in [4.78, 5) is 12.4. The molecule has 0 saturated heterocycles. The van der Waals surface area contributed by atoms with Crippen LogP contribution in [0.25, 0.3) is 0 Å². The van der Waals surface area contributed by atoms with E-state index in [9.17, 15) is 4.79 Å². The van der Waals surface area contributed by atoms with Crippen molar-refractivity contribution in [2.24, 2.45) is 5.73 Å². The maximum absolute atomic E-state index is 12.4. The number of rotatable bonds is 5. The highest BCUT2D eigenvalue weighted by atomic mass is 35.5. The van der Waals surface area contributed by atoms with Gasteiger partial charge >= 0.3 is 0 Å². The molecule has 0 spiro atoms. The zero-order chi connectivity index (χ0) is 13.9. The summed E-state index contributed by atoms with van der Waals surface area (Å²) in [6.07, 6.45) is 6.98. The predicted octanol–water partition coefficient (Wildman–Crippen LogP) is 2.55. The van der Waals surface area contributed by atoms with E-state index < -0.39 is 0 Å². The average molecular weight is 284 g/mol. The molecule has 0 aliphatic heterocycles. The number of aryl methyl sites for hydroxylation is 1. The van der Waals surface area contributed by atoms with Gasteiger partial charge in [-0.3, -0.25) is 4.79 Å². The van der Waals surface area contributed by atoms with Crippen molar-refractivity contribution in [2.75, 3.05) is 6.54 Å². The lowest BCUT2D eigenvalue weighted by Crippen LogP contribution is -2.52. The normalized spacial score (nSPS) is 17.6. The van der Waals surface area contributed by atoms with E-state index in [4.69, 9.17) is 17.3 Å². The zero-order valence-corrected chi connectivity index (χ0v) is 12.2. The monoisotopic (exact) mass is 283 g/mol. The number of carbonyl (C=O) groups excluding carboxylic acids is 1. The Bertz CT molecular complexity index is 450. The molecule has 106 valence electrons. The van der Waals surface area contributed by atoms with Crippen LogP contribution in [0.15, 0.2) is 12.3 Å². The topological polar surface area (TPSA) is 60.0 Å². The highest BCUT2D eigenvalue weighted by Gasteiger charge is 2.34. The molecule has 1 aliphatic rings. The van der Waals surface area contributed by atoms with Gasteiger partial charge in [0.1, 0.15) is 5.69 Å². The number of hydrogen-bond acceptors (Lipinski definition) is 2. The maximum Gasteiger partial charge on any atom is 0.268 e. The van der Waals surface area contributed by atoms with Gasteiger partial charge in [0, 0.05) is 19.3 Å². The van der Waals surface area contributed by atoms with Gasteiger partial charge in [0.05, 0.1) is 10.6 Å². The van der Waals surface area contributed by atoms with Gasteiger partial charge in [-0.25, -0.2) is 0 Å². The van der Waals surface area contributed by atoms with Crippen molar-refractivity contribution < 1.29 is 4.79 Å². The predicted molar refractivity (Wildman–Crippen MR) is 77.5 cm³/mol. The SMILES string of the molecule is CCCn1cc(Cl)cc1C(=O)NC1(CN)CCCC1. The number of carbonyl (C=O) groups is 1. The smallest absolute Gasteiger partial charge is 0.268 e. The van der Waals surface area contributed by atoms with E-state index in [1.165, 1.54) is 0 Å². The Hall–Kier alpha value is -1.00. The number of halogens is 1. The molecular formula is C14H22ClN3O. The van der Waals surface area contributed by atoms with Crippen molar-refractivity contribution in [3.05, 3.63) is 23.0 Å². The summed E-state index contributed by atoms with van der Waals surface area (Å²) in [5.74, 6) is -0.0623. The number of nitrogens with one attached hydrogen (secondary N) is 1. The molecule has 0 aromatic carbocycles. The second-order valence-electron chi connectivity index (χ2n) is 5.38. The van der Waals surface area contributed by atoms with Gasteiger partial charge in [0.15, 0.2) is 0 Å². The summed E-state index contributed by atoms with van der Waals surface area (Å²) in [6.45, 7) is 3.37. The molecule has 1 saturated carbocycles. The van der Waals surface area contributed by atoms with Crippen LogP contribution in [-0.2, 0) is 6.54 Å². The Kier molecular flexibility index (Phi) is 4.53. The van der Waals surface area contributed by atoms with Gasteiger partial charge in [-0.05, 0) is 25.3 Å². The molecule has 5 heteroatoms. The van der Waals surface area contributed by atoms with E-state index in [0.29, 0.717) is 17.3 Å². The van der Waals surface area contributed by atoms with Crippen LogP contribution in [0.4, 0.5) is 0 Å². The second-order valence-corrected chi connectivity index (χ2v) is 5.82. The fourth-order valence-electron chi connectivity index (χ4n) is 2.83. The van der Waals surface area contributed by atoms with Crippen LogP contribution in [0, 0.1) is 0 Å². The Labute approximate surface area is 119 Å². The molecular weight excluding hydrogens is 262 g/mol. The first-order valence-corrected chi connectivity index (χ1v) is 7.36. The summed E-state index contributed by atoms with van der Waals surface area (Å²) in [5, 5.41) is 3.73. The van der Waals surface area contributed by atoms with Crippen LogP contribution >= 0.6 is 11.6 Å². The molecule has 0 radical (unpaired) electrons. The van der Waals surface area contributed by atoms with E-state index in [-0.39, 0.29) is 11.4 Å². The molecule has 19 heavy (non-hydrogen) atoms. The summed E-state index contributed by atoms with van der Waals surface area (Å²) in [7, 11) is 0. The van der Waals surface area contributed by atoms with E-state index in [1.54, 1.807) is 6.07 Å². The summed E-state index contributed by atoms with van der Waals surface area (Å²) in [5.41, 5.74) is 6.26. The van der Waals surface area contributed by atoms with E-state index in [0.717, 1.165) is 38.6 Å². The van der Waals surface area contributed by atoms with Crippen LogP contribution in [-0.4, -0.2) is 22.6 Å².